The Bertz CT molecular complexity index is 1140. The Labute approximate surface area is 190 Å². The molecule has 32 heavy (non-hydrogen) atoms. The van der Waals surface area contributed by atoms with Gasteiger partial charge in [0.15, 0.2) is 5.78 Å². The Hall–Kier alpha value is -3.35. The van der Waals surface area contributed by atoms with Gasteiger partial charge in [0, 0.05) is 0 Å². The number of aromatic nitrogens is 2. The Balaban J connectivity index is 1.78. The summed E-state index contributed by atoms with van der Waals surface area (Å²) in [5.74, 6) is 0.684. The minimum atomic E-state index is -3.89. The number of anilines is 1. The van der Waals surface area contributed by atoms with E-state index in [4.69, 9.17) is 13.8 Å². The highest BCUT2D eigenvalue weighted by Gasteiger charge is 2.41. The van der Waals surface area contributed by atoms with Crippen LogP contribution in [0, 0.1) is 6.92 Å². The number of nitrogens with one attached hydrogen (secondary N) is 1. The molecule has 0 spiro atoms. The van der Waals surface area contributed by atoms with Gasteiger partial charge in [0.25, 0.3) is 0 Å². The minimum Gasteiger partial charge on any atom is -0.497 e. The zero-order chi connectivity index (χ0) is 22.4. The Morgan fingerprint density at radius 3 is 1.84 bits per heavy atom. The van der Waals surface area contributed by atoms with Gasteiger partial charge in [-0.25, -0.2) is 4.57 Å². The SMILES string of the molecule is COc1ccc([C@@H](Nc2nnc(C)s2)P(=O)(Oc2ccccc2)Oc2ccccc2)cc1. The summed E-state index contributed by atoms with van der Waals surface area (Å²) < 4.78 is 31.8. The molecule has 0 amide bonds. The number of benzene rings is 3. The van der Waals surface area contributed by atoms with Gasteiger partial charge in [-0.2, -0.15) is 0 Å². The van der Waals surface area contributed by atoms with Crippen LogP contribution < -0.4 is 19.1 Å². The molecule has 0 bridgehead atoms. The molecule has 0 unspecified atom stereocenters. The van der Waals surface area contributed by atoms with E-state index in [1.165, 1.54) is 11.3 Å². The molecular weight excluding hydrogens is 445 g/mol. The number of hydrogen-bond acceptors (Lipinski definition) is 8. The predicted molar refractivity (Wildman–Crippen MR) is 126 cm³/mol. The van der Waals surface area contributed by atoms with Gasteiger partial charge in [-0.15, -0.1) is 10.2 Å². The van der Waals surface area contributed by atoms with E-state index in [9.17, 15) is 4.57 Å². The average molecular weight is 467 g/mol. The van der Waals surface area contributed by atoms with Gasteiger partial charge in [0.2, 0.25) is 5.13 Å². The first-order valence-corrected chi connectivity index (χ1v) is 12.3. The number of nitrogens with zero attached hydrogens (tertiary/aromatic N) is 2. The van der Waals surface area contributed by atoms with E-state index in [-0.39, 0.29) is 0 Å². The summed E-state index contributed by atoms with van der Waals surface area (Å²) in [6.07, 6.45) is 0. The first kappa shape index (κ1) is 21.9. The lowest BCUT2D eigenvalue weighted by atomic mass is 10.2. The molecule has 0 aliphatic rings. The highest BCUT2D eigenvalue weighted by molar-refractivity contribution is 7.55. The molecule has 3 aromatic carbocycles. The van der Waals surface area contributed by atoms with Crippen LogP contribution in [0.2, 0.25) is 0 Å². The lowest BCUT2D eigenvalue weighted by Crippen LogP contribution is -2.18. The van der Waals surface area contributed by atoms with Crippen molar-refractivity contribution in [3.8, 4) is 17.2 Å². The molecule has 1 heterocycles. The molecule has 0 aliphatic heterocycles. The number of ether oxygens (including phenoxy) is 1. The van der Waals surface area contributed by atoms with Crippen LogP contribution in [0.15, 0.2) is 84.9 Å². The second-order valence-electron chi connectivity index (χ2n) is 6.79. The van der Waals surface area contributed by atoms with Gasteiger partial charge in [0.05, 0.1) is 7.11 Å². The monoisotopic (exact) mass is 467 g/mol. The number of rotatable bonds is 9. The predicted octanol–water partition coefficient (Wildman–Crippen LogP) is 6.32. The molecule has 164 valence electrons. The largest absolute Gasteiger partial charge is 0.497 e. The van der Waals surface area contributed by atoms with E-state index in [0.717, 1.165) is 5.01 Å². The molecule has 7 nitrogen and oxygen atoms in total. The fourth-order valence-electron chi connectivity index (χ4n) is 2.98. The zero-order valence-corrected chi connectivity index (χ0v) is 19.3. The number of aryl methyl sites for hydroxylation is 1. The van der Waals surface area contributed by atoms with E-state index < -0.39 is 13.4 Å². The number of hydrogen-bond donors (Lipinski definition) is 1. The summed E-state index contributed by atoms with van der Waals surface area (Å²) >= 11 is 1.36. The van der Waals surface area contributed by atoms with Crippen LogP contribution in [0.4, 0.5) is 5.13 Å². The van der Waals surface area contributed by atoms with Gasteiger partial charge in [0.1, 0.15) is 22.3 Å². The third-order valence-corrected chi connectivity index (χ3v) is 7.25. The molecule has 4 aromatic rings. The van der Waals surface area contributed by atoms with Gasteiger partial charge < -0.3 is 19.1 Å². The molecular formula is C23H22N3O4PS. The summed E-state index contributed by atoms with van der Waals surface area (Å²) in [7, 11) is -2.29. The van der Waals surface area contributed by atoms with Crippen molar-refractivity contribution >= 4 is 24.1 Å². The zero-order valence-electron chi connectivity index (χ0n) is 17.5. The second-order valence-corrected chi connectivity index (χ2v) is 9.94. The lowest BCUT2D eigenvalue weighted by molar-refractivity contribution is 0.376. The maximum Gasteiger partial charge on any atom is 0.457 e. The van der Waals surface area contributed by atoms with Crippen molar-refractivity contribution in [1.29, 1.82) is 0 Å². The van der Waals surface area contributed by atoms with Crippen molar-refractivity contribution < 1.29 is 18.3 Å². The smallest absolute Gasteiger partial charge is 0.457 e. The summed E-state index contributed by atoms with van der Waals surface area (Å²) in [5, 5.41) is 12.7. The third kappa shape index (κ3) is 5.28. The van der Waals surface area contributed by atoms with Gasteiger partial charge in [-0.05, 0) is 48.9 Å². The van der Waals surface area contributed by atoms with Crippen molar-refractivity contribution in [2.24, 2.45) is 0 Å². The summed E-state index contributed by atoms with van der Waals surface area (Å²) in [6, 6.07) is 25.1. The molecule has 1 aromatic heterocycles. The van der Waals surface area contributed by atoms with Crippen LogP contribution in [0.25, 0.3) is 0 Å². The van der Waals surface area contributed by atoms with E-state index in [2.05, 4.69) is 15.5 Å². The molecule has 9 heteroatoms. The van der Waals surface area contributed by atoms with Gasteiger partial charge in [-0.1, -0.05) is 59.9 Å². The quantitative estimate of drug-likeness (QED) is 0.289. The van der Waals surface area contributed by atoms with Crippen molar-refractivity contribution in [1.82, 2.24) is 10.2 Å². The third-order valence-electron chi connectivity index (χ3n) is 4.49. The van der Waals surface area contributed by atoms with E-state index in [1.54, 1.807) is 43.5 Å². The van der Waals surface area contributed by atoms with Crippen LogP contribution in [0.3, 0.4) is 0 Å². The highest BCUT2D eigenvalue weighted by atomic mass is 32.1. The first-order chi connectivity index (χ1) is 15.6. The number of methoxy groups -OCH3 is 1. The van der Waals surface area contributed by atoms with Crippen molar-refractivity contribution in [3.63, 3.8) is 0 Å². The lowest BCUT2D eigenvalue weighted by Gasteiger charge is -2.28. The Kier molecular flexibility index (Phi) is 6.73. The maximum atomic E-state index is 14.4. The first-order valence-electron chi connectivity index (χ1n) is 9.85. The Morgan fingerprint density at radius 2 is 1.38 bits per heavy atom. The second kappa shape index (κ2) is 9.85. The molecule has 4 rings (SSSR count). The number of para-hydroxylation sites is 2. The van der Waals surface area contributed by atoms with Gasteiger partial charge in [-0.3, -0.25) is 0 Å². The van der Waals surface area contributed by atoms with Gasteiger partial charge >= 0.3 is 7.60 Å². The molecule has 0 fully saturated rings. The van der Waals surface area contributed by atoms with Crippen molar-refractivity contribution in [3.05, 3.63) is 95.5 Å². The summed E-state index contributed by atoms with van der Waals surface area (Å²) in [6.45, 7) is 1.85. The van der Waals surface area contributed by atoms with Crippen LogP contribution in [-0.4, -0.2) is 17.3 Å². The molecule has 0 aliphatic carbocycles. The van der Waals surface area contributed by atoms with Crippen LogP contribution >= 0.6 is 18.9 Å². The van der Waals surface area contributed by atoms with Crippen LogP contribution in [0.5, 0.6) is 17.2 Å². The topological polar surface area (TPSA) is 82.6 Å². The summed E-state index contributed by atoms with van der Waals surface area (Å²) in [5.41, 5.74) is 0.689. The highest BCUT2D eigenvalue weighted by Crippen LogP contribution is 2.60. The van der Waals surface area contributed by atoms with Crippen LogP contribution in [-0.2, 0) is 4.57 Å². The average Bonchev–Trinajstić information content (AvgIpc) is 3.23. The van der Waals surface area contributed by atoms with Crippen LogP contribution in [0.1, 0.15) is 16.4 Å². The molecule has 0 radical (unpaired) electrons. The molecule has 0 saturated heterocycles. The fourth-order valence-corrected chi connectivity index (χ4v) is 5.59. The molecule has 1 N–H and O–H groups in total. The van der Waals surface area contributed by atoms with E-state index >= 15 is 0 Å². The normalized spacial score (nSPS) is 12.1. The van der Waals surface area contributed by atoms with E-state index in [0.29, 0.717) is 27.9 Å². The standard InChI is InChI=1S/C23H22N3O4PS/c1-17-25-26-23(32-17)24-22(18-13-15-19(28-2)16-14-18)31(27,29-20-9-5-3-6-10-20)30-21-11-7-4-8-12-21/h3-16,22H,1-2H3,(H,24,26)/t22-/m0/s1. The van der Waals surface area contributed by atoms with Crippen molar-refractivity contribution in [2.75, 3.05) is 12.4 Å². The molecule has 0 saturated carbocycles. The Morgan fingerprint density at radius 1 is 0.812 bits per heavy atom. The summed E-state index contributed by atoms with van der Waals surface area (Å²) in [4.78, 5) is 0. The van der Waals surface area contributed by atoms with E-state index in [1.807, 2.05) is 55.5 Å². The fraction of sp³-hybridized carbons (Fsp3) is 0.130. The van der Waals surface area contributed by atoms with Crippen molar-refractivity contribution in [2.45, 2.75) is 12.7 Å². The molecule has 1 atom stereocenters. The maximum absolute atomic E-state index is 14.4. The minimum absolute atomic E-state index is 0.431.